The van der Waals surface area contributed by atoms with Gasteiger partial charge in [0.05, 0.1) is 0 Å². The largest absolute Gasteiger partial charge is 0.485 e. The van der Waals surface area contributed by atoms with E-state index in [1.54, 1.807) is 0 Å². The van der Waals surface area contributed by atoms with E-state index in [2.05, 4.69) is 36.1 Å². The van der Waals surface area contributed by atoms with E-state index < -0.39 is 6.10 Å². The van der Waals surface area contributed by atoms with Crippen molar-refractivity contribution in [3.05, 3.63) is 59.7 Å². The second-order valence-corrected chi connectivity index (χ2v) is 7.25. The van der Waals surface area contributed by atoms with Crippen LogP contribution in [0.15, 0.2) is 48.5 Å². The summed E-state index contributed by atoms with van der Waals surface area (Å²) in [5.41, 5.74) is 2.68. The van der Waals surface area contributed by atoms with Gasteiger partial charge in [-0.15, -0.1) is 0 Å². The first-order chi connectivity index (χ1) is 13.2. The third-order valence-electron chi connectivity index (χ3n) is 5.34. The Kier molecular flexibility index (Phi) is 5.30. The average molecular weight is 366 g/mol. The lowest BCUT2D eigenvalue weighted by Gasteiger charge is -2.30. The number of ether oxygens (including phenoxy) is 2. The van der Waals surface area contributed by atoms with Crippen LogP contribution in [0.25, 0.3) is 0 Å². The van der Waals surface area contributed by atoms with E-state index in [0.29, 0.717) is 11.5 Å². The number of aryl methyl sites for hydroxylation is 1. The minimum Gasteiger partial charge on any atom is -0.485 e. The normalized spacial score (nSPS) is 20.2. The van der Waals surface area contributed by atoms with E-state index in [1.165, 1.54) is 11.1 Å². The number of para-hydroxylation sites is 2. The van der Waals surface area contributed by atoms with Crippen molar-refractivity contribution < 1.29 is 14.3 Å². The van der Waals surface area contributed by atoms with Crippen molar-refractivity contribution in [1.82, 2.24) is 9.80 Å². The van der Waals surface area contributed by atoms with Gasteiger partial charge in [-0.05, 0) is 36.6 Å². The summed E-state index contributed by atoms with van der Waals surface area (Å²) in [5, 5.41) is 0. The summed E-state index contributed by atoms with van der Waals surface area (Å²) in [7, 11) is 0. The number of amides is 1. The van der Waals surface area contributed by atoms with Crippen LogP contribution in [-0.4, -0.2) is 54.6 Å². The zero-order valence-corrected chi connectivity index (χ0v) is 15.8. The predicted octanol–water partition coefficient (Wildman–Crippen LogP) is 2.87. The first kappa shape index (κ1) is 17.9. The van der Waals surface area contributed by atoms with Crippen LogP contribution in [0.1, 0.15) is 17.5 Å². The monoisotopic (exact) mass is 366 g/mol. The Morgan fingerprint density at radius 2 is 1.78 bits per heavy atom. The van der Waals surface area contributed by atoms with Gasteiger partial charge in [0.25, 0.3) is 5.91 Å². The van der Waals surface area contributed by atoms with E-state index in [0.717, 1.165) is 39.1 Å². The van der Waals surface area contributed by atoms with Gasteiger partial charge in [0.15, 0.2) is 11.5 Å². The van der Waals surface area contributed by atoms with E-state index in [1.807, 2.05) is 29.2 Å². The van der Waals surface area contributed by atoms with Gasteiger partial charge in [0, 0.05) is 32.7 Å². The maximum absolute atomic E-state index is 12.9. The second-order valence-electron chi connectivity index (χ2n) is 7.25. The number of hydrogen-bond acceptors (Lipinski definition) is 4. The number of carbonyl (C=O) groups is 1. The number of rotatable bonds is 3. The fraction of sp³-hybridized carbons (Fsp3) is 0.409. The van der Waals surface area contributed by atoms with Gasteiger partial charge in [-0.1, -0.05) is 36.4 Å². The SMILES string of the molecule is Cc1ccccc1CN1CCCN(C(=O)C2COc3ccccc3O2)CC1. The van der Waals surface area contributed by atoms with E-state index in [-0.39, 0.29) is 12.5 Å². The molecule has 0 saturated carbocycles. The molecule has 0 N–H and O–H groups in total. The van der Waals surface area contributed by atoms with Gasteiger partial charge in [0.2, 0.25) is 6.10 Å². The Bertz CT molecular complexity index is 808. The maximum atomic E-state index is 12.9. The van der Waals surface area contributed by atoms with Gasteiger partial charge in [-0.2, -0.15) is 0 Å². The van der Waals surface area contributed by atoms with Gasteiger partial charge in [-0.3, -0.25) is 9.69 Å². The van der Waals surface area contributed by atoms with E-state index in [4.69, 9.17) is 9.47 Å². The number of fused-ring (bicyclic) bond motifs is 1. The van der Waals surface area contributed by atoms with Crippen molar-refractivity contribution in [2.75, 3.05) is 32.8 Å². The summed E-state index contributed by atoms with van der Waals surface area (Å²) >= 11 is 0. The number of nitrogens with zero attached hydrogens (tertiary/aromatic N) is 2. The smallest absolute Gasteiger partial charge is 0.267 e. The van der Waals surface area contributed by atoms with Crippen LogP contribution in [0.3, 0.4) is 0 Å². The summed E-state index contributed by atoms with van der Waals surface area (Å²) in [6, 6.07) is 16.0. The molecule has 1 unspecified atom stereocenters. The quantitative estimate of drug-likeness (QED) is 0.838. The van der Waals surface area contributed by atoms with Crippen LogP contribution in [0.2, 0.25) is 0 Å². The standard InChI is InChI=1S/C22H26N2O3/c1-17-7-2-3-8-18(17)15-23-11-6-12-24(14-13-23)22(25)21-16-26-19-9-4-5-10-20(19)27-21/h2-5,7-10,21H,6,11-16H2,1H3. The molecule has 2 aliphatic rings. The summed E-state index contributed by atoms with van der Waals surface area (Å²) in [4.78, 5) is 17.3. The zero-order chi connectivity index (χ0) is 18.6. The van der Waals surface area contributed by atoms with Crippen LogP contribution in [0.4, 0.5) is 0 Å². The molecule has 2 heterocycles. The van der Waals surface area contributed by atoms with Crippen LogP contribution in [0.5, 0.6) is 11.5 Å². The first-order valence-corrected chi connectivity index (χ1v) is 9.65. The molecule has 1 saturated heterocycles. The Balaban J connectivity index is 1.35. The van der Waals surface area contributed by atoms with Gasteiger partial charge >= 0.3 is 0 Å². The summed E-state index contributed by atoms with van der Waals surface area (Å²) in [6.07, 6.45) is 0.421. The Hall–Kier alpha value is -2.53. The fourth-order valence-corrected chi connectivity index (χ4v) is 3.72. The lowest BCUT2D eigenvalue weighted by atomic mass is 10.1. The molecular weight excluding hydrogens is 340 g/mol. The number of hydrogen-bond donors (Lipinski definition) is 0. The molecule has 0 bridgehead atoms. The van der Waals surface area contributed by atoms with Gasteiger partial charge < -0.3 is 14.4 Å². The van der Waals surface area contributed by atoms with E-state index in [9.17, 15) is 4.79 Å². The molecule has 27 heavy (non-hydrogen) atoms. The second kappa shape index (κ2) is 8.01. The highest BCUT2D eigenvalue weighted by Gasteiger charge is 2.31. The Morgan fingerprint density at radius 1 is 1.00 bits per heavy atom. The topological polar surface area (TPSA) is 42.0 Å². The minimum atomic E-state index is -0.553. The lowest BCUT2D eigenvalue weighted by Crippen LogP contribution is -2.47. The van der Waals surface area contributed by atoms with Gasteiger partial charge in [0.1, 0.15) is 6.61 Å². The molecule has 5 nitrogen and oxygen atoms in total. The Labute approximate surface area is 160 Å². The molecule has 0 spiro atoms. The summed E-state index contributed by atoms with van der Waals surface area (Å²) in [5.74, 6) is 1.39. The Morgan fingerprint density at radius 3 is 2.63 bits per heavy atom. The molecule has 0 aromatic heterocycles. The molecule has 1 amide bonds. The first-order valence-electron chi connectivity index (χ1n) is 9.65. The highest BCUT2D eigenvalue weighted by molar-refractivity contribution is 5.82. The molecule has 5 heteroatoms. The van der Waals surface area contributed by atoms with Crippen molar-refractivity contribution in [2.45, 2.75) is 26.0 Å². The number of carbonyl (C=O) groups excluding carboxylic acids is 1. The molecule has 2 aromatic rings. The van der Waals surface area contributed by atoms with Crippen molar-refractivity contribution in [3.8, 4) is 11.5 Å². The lowest BCUT2D eigenvalue weighted by molar-refractivity contribution is -0.141. The van der Waals surface area contributed by atoms with Gasteiger partial charge in [-0.25, -0.2) is 0 Å². The van der Waals surface area contributed by atoms with Crippen LogP contribution >= 0.6 is 0 Å². The highest BCUT2D eigenvalue weighted by atomic mass is 16.6. The molecule has 2 aliphatic heterocycles. The van der Waals surface area contributed by atoms with Crippen molar-refractivity contribution in [1.29, 1.82) is 0 Å². The molecule has 1 fully saturated rings. The maximum Gasteiger partial charge on any atom is 0.267 e. The van der Waals surface area contributed by atoms with Crippen molar-refractivity contribution >= 4 is 5.91 Å². The van der Waals surface area contributed by atoms with Crippen LogP contribution in [-0.2, 0) is 11.3 Å². The summed E-state index contributed by atoms with van der Waals surface area (Å²) < 4.78 is 11.6. The third kappa shape index (κ3) is 4.08. The fourth-order valence-electron chi connectivity index (χ4n) is 3.72. The molecular formula is C22H26N2O3. The minimum absolute atomic E-state index is 0.0299. The van der Waals surface area contributed by atoms with E-state index >= 15 is 0 Å². The van der Waals surface area contributed by atoms with Crippen LogP contribution in [0, 0.1) is 6.92 Å². The average Bonchev–Trinajstić information content (AvgIpc) is 2.94. The zero-order valence-electron chi connectivity index (χ0n) is 15.8. The van der Waals surface area contributed by atoms with Crippen molar-refractivity contribution in [3.63, 3.8) is 0 Å². The molecule has 4 rings (SSSR count). The molecule has 0 radical (unpaired) electrons. The molecule has 0 aliphatic carbocycles. The highest BCUT2D eigenvalue weighted by Crippen LogP contribution is 2.31. The summed E-state index contributed by atoms with van der Waals surface area (Å²) in [6.45, 7) is 6.75. The molecule has 142 valence electrons. The van der Waals surface area contributed by atoms with Crippen molar-refractivity contribution in [2.24, 2.45) is 0 Å². The number of benzene rings is 2. The predicted molar refractivity (Wildman–Crippen MR) is 104 cm³/mol. The molecule has 1 atom stereocenters. The van der Waals surface area contributed by atoms with Crippen LogP contribution < -0.4 is 9.47 Å². The third-order valence-corrected chi connectivity index (χ3v) is 5.34. The molecule has 2 aromatic carbocycles.